The highest BCUT2D eigenvalue weighted by atomic mass is 35.5. The number of benzene rings is 1. The molecule has 0 spiro atoms. The summed E-state index contributed by atoms with van der Waals surface area (Å²) in [6, 6.07) is 3.16. The predicted octanol–water partition coefficient (Wildman–Crippen LogP) is 2.18. The van der Waals surface area contributed by atoms with Gasteiger partial charge in [0, 0.05) is 31.5 Å². The van der Waals surface area contributed by atoms with Crippen LogP contribution in [0.2, 0.25) is 0 Å². The first-order chi connectivity index (χ1) is 10.7. The third-order valence-electron chi connectivity index (χ3n) is 4.26. The molecule has 0 saturated carbocycles. The van der Waals surface area contributed by atoms with Crippen LogP contribution in [0.4, 0.5) is 0 Å². The van der Waals surface area contributed by atoms with E-state index in [-0.39, 0.29) is 59.9 Å². The summed E-state index contributed by atoms with van der Waals surface area (Å²) < 4.78 is 6.20. The van der Waals surface area contributed by atoms with Gasteiger partial charge < -0.3 is 26.0 Å². The lowest BCUT2D eigenvalue weighted by Gasteiger charge is -2.44. The van der Waals surface area contributed by atoms with Gasteiger partial charge in [0.05, 0.1) is 12.2 Å². The van der Waals surface area contributed by atoms with E-state index in [4.69, 9.17) is 10.5 Å². The lowest BCUT2D eigenvalue weighted by Crippen LogP contribution is -2.45. The average Bonchev–Trinajstić information content (AvgIpc) is 2.46. The lowest BCUT2D eigenvalue weighted by molar-refractivity contribution is -0.120. The highest BCUT2D eigenvalue weighted by Crippen LogP contribution is 2.49. The SMILES string of the molecule is CC(=O)NCC1c2c(ccc(O)c2O)C(CN)OC1C(C)(C)C.Cl. The topological polar surface area (TPSA) is 105 Å². The second kappa shape index (κ2) is 7.59. The highest BCUT2D eigenvalue weighted by Gasteiger charge is 2.43. The van der Waals surface area contributed by atoms with Crippen LogP contribution in [0.25, 0.3) is 0 Å². The zero-order valence-corrected chi connectivity index (χ0v) is 15.3. The number of amides is 1. The molecule has 1 aliphatic rings. The monoisotopic (exact) mass is 358 g/mol. The molecule has 1 aromatic rings. The first kappa shape index (κ1) is 20.5. The standard InChI is InChI=1S/C17H26N2O4.ClH/c1-9(20)19-8-11-14-10(5-6-12(21)15(14)22)13(7-18)23-16(11)17(2,3)4;/h5-6,11,13,16,21-22H,7-8,18H2,1-4H3,(H,19,20);1H. The van der Waals surface area contributed by atoms with Gasteiger partial charge in [-0.1, -0.05) is 26.8 Å². The number of fused-ring (bicyclic) bond motifs is 1. The molecule has 1 amide bonds. The molecular weight excluding hydrogens is 332 g/mol. The zero-order valence-electron chi connectivity index (χ0n) is 14.5. The van der Waals surface area contributed by atoms with Crippen molar-refractivity contribution in [2.75, 3.05) is 13.1 Å². The summed E-state index contributed by atoms with van der Waals surface area (Å²) in [6.07, 6.45) is -0.614. The minimum atomic E-state index is -0.352. The maximum atomic E-state index is 11.3. The minimum absolute atomic E-state index is 0. The molecule has 2 rings (SSSR count). The maximum Gasteiger partial charge on any atom is 0.216 e. The Morgan fingerprint density at radius 2 is 1.96 bits per heavy atom. The molecule has 24 heavy (non-hydrogen) atoms. The Balaban J connectivity index is 0.00000288. The van der Waals surface area contributed by atoms with Crippen molar-refractivity contribution in [2.45, 2.75) is 45.8 Å². The summed E-state index contributed by atoms with van der Waals surface area (Å²) in [5.74, 6) is -0.764. The minimum Gasteiger partial charge on any atom is -0.504 e. The Bertz CT molecular complexity index is 601. The van der Waals surface area contributed by atoms with E-state index >= 15 is 0 Å². The number of halogens is 1. The number of hydrogen-bond donors (Lipinski definition) is 4. The van der Waals surface area contributed by atoms with E-state index in [0.717, 1.165) is 5.56 Å². The van der Waals surface area contributed by atoms with Crippen molar-refractivity contribution in [3.8, 4) is 11.5 Å². The second-order valence-electron chi connectivity index (χ2n) is 7.13. The van der Waals surface area contributed by atoms with Gasteiger partial charge in [0.15, 0.2) is 11.5 Å². The van der Waals surface area contributed by atoms with Crippen molar-refractivity contribution in [2.24, 2.45) is 11.1 Å². The zero-order chi connectivity index (χ0) is 17.4. The normalized spacial score (nSPS) is 23.1. The third kappa shape index (κ3) is 3.94. The summed E-state index contributed by atoms with van der Waals surface area (Å²) >= 11 is 0. The van der Waals surface area contributed by atoms with Crippen LogP contribution in [0.15, 0.2) is 12.1 Å². The van der Waals surface area contributed by atoms with Gasteiger partial charge in [0.25, 0.3) is 0 Å². The van der Waals surface area contributed by atoms with Crippen molar-refractivity contribution >= 4 is 18.3 Å². The molecule has 0 aromatic heterocycles. The van der Waals surface area contributed by atoms with Gasteiger partial charge >= 0.3 is 0 Å². The fourth-order valence-electron chi connectivity index (χ4n) is 3.23. The van der Waals surface area contributed by atoms with Crippen molar-refractivity contribution in [3.63, 3.8) is 0 Å². The Morgan fingerprint density at radius 1 is 1.33 bits per heavy atom. The molecule has 1 aromatic carbocycles. The number of carbonyl (C=O) groups is 1. The van der Waals surface area contributed by atoms with Gasteiger partial charge in [-0.15, -0.1) is 12.4 Å². The van der Waals surface area contributed by atoms with Crippen LogP contribution in [-0.2, 0) is 9.53 Å². The molecule has 0 fully saturated rings. The van der Waals surface area contributed by atoms with Gasteiger partial charge in [0.1, 0.15) is 0 Å². The van der Waals surface area contributed by atoms with Crippen LogP contribution < -0.4 is 11.1 Å². The molecule has 6 nitrogen and oxygen atoms in total. The van der Waals surface area contributed by atoms with Crippen LogP contribution in [0.5, 0.6) is 11.5 Å². The molecular formula is C17H27ClN2O4. The van der Waals surface area contributed by atoms with Crippen LogP contribution in [0, 0.1) is 5.41 Å². The van der Waals surface area contributed by atoms with Crippen molar-refractivity contribution < 1.29 is 19.7 Å². The largest absolute Gasteiger partial charge is 0.504 e. The number of rotatable bonds is 3. The van der Waals surface area contributed by atoms with Crippen LogP contribution in [-0.4, -0.2) is 35.3 Å². The van der Waals surface area contributed by atoms with Crippen LogP contribution in [0.1, 0.15) is 50.8 Å². The summed E-state index contributed by atoms with van der Waals surface area (Å²) in [6.45, 7) is 8.15. The maximum absolute atomic E-state index is 11.3. The van der Waals surface area contributed by atoms with Gasteiger partial charge in [0.2, 0.25) is 5.91 Å². The summed E-state index contributed by atoms with van der Waals surface area (Å²) in [4.78, 5) is 11.3. The Morgan fingerprint density at radius 3 is 2.46 bits per heavy atom. The van der Waals surface area contributed by atoms with E-state index in [9.17, 15) is 15.0 Å². The molecule has 1 aliphatic heterocycles. The number of ether oxygens (including phenoxy) is 1. The molecule has 136 valence electrons. The van der Waals surface area contributed by atoms with Gasteiger partial charge in [-0.2, -0.15) is 0 Å². The number of aromatic hydroxyl groups is 2. The van der Waals surface area contributed by atoms with E-state index in [1.54, 1.807) is 6.07 Å². The van der Waals surface area contributed by atoms with E-state index in [1.165, 1.54) is 13.0 Å². The van der Waals surface area contributed by atoms with Crippen molar-refractivity contribution in [1.82, 2.24) is 5.32 Å². The Hall–Kier alpha value is -1.50. The number of nitrogens with one attached hydrogen (secondary N) is 1. The van der Waals surface area contributed by atoms with E-state index < -0.39 is 0 Å². The van der Waals surface area contributed by atoms with Crippen LogP contribution >= 0.6 is 12.4 Å². The summed E-state index contributed by atoms with van der Waals surface area (Å²) in [5.41, 5.74) is 6.98. The smallest absolute Gasteiger partial charge is 0.216 e. The molecule has 0 radical (unpaired) electrons. The molecule has 3 atom stereocenters. The molecule has 0 saturated heterocycles. The summed E-state index contributed by atoms with van der Waals surface area (Å²) in [5, 5.41) is 23.1. The molecule has 5 N–H and O–H groups in total. The van der Waals surface area contributed by atoms with Crippen molar-refractivity contribution in [3.05, 3.63) is 23.3 Å². The number of nitrogens with two attached hydrogens (primary N) is 1. The summed E-state index contributed by atoms with van der Waals surface area (Å²) in [7, 11) is 0. The number of hydrogen-bond acceptors (Lipinski definition) is 5. The number of phenolic OH excluding ortho intramolecular Hbond substituents is 2. The fourth-order valence-corrected chi connectivity index (χ4v) is 3.23. The highest BCUT2D eigenvalue weighted by molar-refractivity contribution is 5.85. The van der Waals surface area contributed by atoms with Gasteiger partial charge in [-0.05, 0) is 17.0 Å². The number of phenols is 2. The third-order valence-corrected chi connectivity index (χ3v) is 4.26. The molecule has 7 heteroatoms. The van der Waals surface area contributed by atoms with Crippen molar-refractivity contribution in [1.29, 1.82) is 0 Å². The van der Waals surface area contributed by atoms with Crippen LogP contribution in [0.3, 0.4) is 0 Å². The first-order valence-corrected chi connectivity index (χ1v) is 7.81. The van der Waals surface area contributed by atoms with E-state index in [1.807, 2.05) is 20.8 Å². The molecule has 0 aliphatic carbocycles. The number of carbonyl (C=O) groups excluding carboxylic acids is 1. The molecule has 0 bridgehead atoms. The van der Waals surface area contributed by atoms with Gasteiger partial charge in [-0.3, -0.25) is 4.79 Å². The quantitative estimate of drug-likeness (QED) is 0.620. The molecule has 3 unspecified atom stereocenters. The fraction of sp³-hybridized carbons (Fsp3) is 0.588. The average molecular weight is 359 g/mol. The molecule has 1 heterocycles. The first-order valence-electron chi connectivity index (χ1n) is 7.81. The predicted molar refractivity (Wildman–Crippen MR) is 94.6 cm³/mol. The Labute approximate surface area is 148 Å². The van der Waals surface area contributed by atoms with E-state index in [0.29, 0.717) is 12.1 Å². The van der Waals surface area contributed by atoms with Gasteiger partial charge in [-0.25, -0.2) is 0 Å². The lowest BCUT2D eigenvalue weighted by atomic mass is 9.74. The second-order valence-corrected chi connectivity index (χ2v) is 7.13. The van der Waals surface area contributed by atoms with E-state index in [2.05, 4.69) is 5.32 Å². The Kier molecular flexibility index (Phi) is 6.50.